The summed E-state index contributed by atoms with van der Waals surface area (Å²) in [5.74, 6) is -0.249. The average molecular weight is 972 g/mol. The van der Waals surface area contributed by atoms with E-state index in [-0.39, 0.29) is 49.2 Å². The maximum atomic E-state index is 12.4. The molecule has 10 N–H and O–H groups in total. The lowest BCUT2D eigenvalue weighted by Gasteiger charge is -2.15. The summed E-state index contributed by atoms with van der Waals surface area (Å²) in [6, 6.07) is 35.4. The summed E-state index contributed by atoms with van der Waals surface area (Å²) in [5, 5.41) is 6.73. The van der Waals surface area contributed by atoms with Gasteiger partial charge in [-0.3, -0.25) is 29.7 Å². The normalized spacial score (nSPS) is 11.5. The molecule has 8 aromatic rings. The van der Waals surface area contributed by atoms with E-state index in [0.717, 1.165) is 34.7 Å². The number of carbonyl (C=O) groups excluding carboxylic acids is 2. The zero-order valence-electron chi connectivity index (χ0n) is 35.4. The molecular formula is C46H44Cl2N8O8S2. The van der Waals surface area contributed by atoms with E-state index in [4.69, 9.17) is 30.9 Å². The summed E-state index contributed by atoms with van der Waals surface area (Å²) in [7, 11) is -7.21. The molecule has 0 aliphatic carbocycles. The van der Waals surface area contributed by atoms with Gasteiger partial charge >= 0.3 is 0 Å². The van der Waals surface area contributed by atoms with Crippen LogP contribution in [0.2, 0.25) is 0 Å². The molecule has 20 heteroatoms. The highest BCUT2D eigenvalue weighted by Crippen LogP contribution is 2.34. The SMILES string of the molecule is CS(=O)(=O)Nc1ccc(OCCCCOc2ccc(NS(C)(=O)=O)cc2[NH2+]c2c3ccccc3nc3c(C(N)=O)cccc23)c([NH2+]c2c3ccccc3nc3c(C(N)=O)cccc23)c1.[Cl-].[Cl-]. The van der Waals surface area contributed by atoms with Gasteiger partial charge in [-0.05, 0) is 85.6 Å². The number of fused-ring (bicyclic) bond motifs is 4. The number of quaternary nitrogens is 2. The number of primary amides is 2. The van der Waals surface area contributed by atoms with Crippen LogP contribution in [0, 0.1) is 0 Å². The monoisotopic (exact) mass is 970 g/mol. The molecular weight excluding hydrogens is 928 g/mol. The number of rotatable bonds is 17. The zero-order chi connectivity index (χ0) is 45.2. The van der Waals surface area contributed by atoms with E-state index in [9.17, 15) is 26.4 Å². The Morgan fingerprint density at radius 2 is 0.924 bits per heavy atom. The van der Waals surface area contributed by atoms with Crippen LogP contribution in [0.3, 0.4) is 0 Å². The number of anilines is 2. The summed E-state index contributed by atoms with van der Waals surface area (Å²) >= 11 is 0. The highest BCUT2D eigenvalue weighted by atomic mass is 35.5. The molecule has 6 aromatic carbocycles. The second-order valence-corrected chi connectivity index (χ2v) is 18.7. The molecule has 0 atom stereocenters. The second-order valence-electron chi connectivity index (χ2n) is 15.2. The van der Waals surface area contributed by atoms with Gasteiger partial charge in [0.1, 0.15) is 0 Å². The van der Waals surface area contributed by atoms with Crippen LogP contribution in [0.15, 0.2) is 121 Å². The number of hydrogen-bond acceptors (Lipinski definition) is 10. The van der Waals surface area contributed by atoms with Crippen molar-refractivity contribution in [2.45, 2.75) is 12.8 Å². The molecule has 0 saturated carbocycles. The van der Waals surface area contributed by atoms with Crippen molar-refractivity contribution in [3.05, 3.63) is 132 Å². The Kier molecular flexibility index (Phi) is 14.9. The van der Waals surface area contributed by atoms with Gasteiger partial charge in [-0.2, -0.15) is 0 Å². The number of pyridine rings is 2. The Morgan fingerprint density at radius 3 is 1.30 bits per heavy atom. The number of aromatic nitrogens is 2. The molecule has 2 amide bonds. The number of nitrogens with one attached hydrogen (secondary N) is 2. The van der Waals surface area contributed by atoms with E-state index in [0.29, 0.717) is 79.9 Å². The van der Waals surface area contributed by atoms with Gasteiger partial charge in [0.05, 0.1) is 91.8 Å². The van der Waals surface area contributed by atoms with Gasteiger partial charge in [-0.1, -0.05) is 36.4 Å². The lowest BCUT2D eigenvalue weighted by Crippen LogP contribution is -3.00. The quantitative estimate of drug-likeness (QED) is 0.0381. The van der Waals surface area contributed by atoms with E-state index >= 15 is 0 Å². The summed E-state index contributed by atoms with van der Waals surface area (Å²) in [5.41, 5.74) is 17.5. The van der Waals surface area contributed by atoms with Gasteiger partial charge in [-0.25, -0.2) is 26.8 Å². The van der Waals surface area contributed by atoms with E-state index < -0.39 is 31.9 Å². The lowest BCUT2D eigenvalue weighted by atomic mass is 10.0. The molecule has 16 nitrogen and oxygen atoms in total. The summed E-state index contributed by atoms with van der Waals surface area (Å²) in [4.78, 5) is 34.4. The number of para-hydroxylation sites is 4. The zero-order valence-corrected chi connectivity index (χ0v) is 38.6. The van der Waals surface area contributed by atoms with Crippen molar-refractivity contribution < 1.29 is 71.3 Å². The second kappa shape index (κ2) is 20.2. The van der Waals surface area contributed by atoms with Gasteiger partial charge in [-0.15, -0.1) is 0 Å². The molecule has 0 aliphatic heterocycles. The van der Waals surface area contributed by atoms with Gasteiger partial charge in [0.25, 0.3) is 11.8 Å². The van der Waals surface area contributed by atoms with Crippen molar-refractivity contribution in [1.29, 1.82) is 0 Å². The number of nitrogens with zero attached hydrogens (tertiary/aromatic N) is 2. The highest BCUT2D eigenvalue weighted by Gasteiger charge is 2.23. The predicted octanol–water partition coefficient (Wildman–Crippen LogP) is -0.671. The van der Waals surface area contributed by atoms with E-state index in [1.54, 1.807) is 60.7 Å². The van der Waals surface area contributed by atoms with Crippen molar-refractivity contribution in [2.75, 3.05) is 35.2 Å². The predicted molar refractivity (Wildman–Crippen MR) is 248 cm³/mol. The van der Waals surface area contributed by atoms with Gasteiger partial charge in [0.2, 0.25) is 20.0 Å². The largest absolute Gasteiger partial charge is 1.00 e. The molecule has 0 spiro atoms. The average Bonchev–Trinajstić information content (AvgIpc) is 3.24. The minimum atomic E-state index is -3.60. The molecule has 342 valence electrons. The molecule has 2 aromatic heterocycles. The summed E-state index contributed by atoms with van der Waals surface area (Å²) in [6.45, 7) is 0.556. The maximum Gasteiger partial charge on any atom is 0.250 e. The topological polar surface area (TPSA) is 256 Å². The Balaban J connectivity index is 0.00000360. The Hall–Kier alpha value is -6.80. The number of benzene rings is 6. The third-order valence-electron chi connectivity index (χ3n) is 10.3. The smallest absolute Gasteiger partial charge is 0.250 e. The Labute approximate surface area is 392 Å². The number of nitrogens with two attached hydrogens (primary N) is 4. The van der Waals surface area contributed by atoms with Gasteiger partial charge in [0.15, 0.2) is 34.2 Å². The lowest BCUT2D eigenvalue weighted by molar-refractivity contribution is -0.476. The van der Waals surface area contributed by atoms with Crippen LogP contribution >= 0.6 is 0 Å². The molecule has 0 bridgehead atoms. The molecule has 0 radical (unpaired) electrons. The maximum absolute atomic E-state index is 12.4. The Bertz CT molecular complexity index is 3170. The number of hydrogen-bond donors (Lipinski definition) is 6. The first kappa shape index (κ1) is 48.7. The van der Waals surface area contributed by atoms with E-state index in [1.165, 1.54) is 0 Å². The molecule has 66 heavy (non-hydrogen) atoms. The fraction of sp³-hybridized carbons (Fsp3) is 0.130. The standard InChI is InChI=1S/C46H42N8O8S2.2ClH/c1-63(57,58)53-27-19-21-39(37(25-27)51-41-29-11-3-5-17-35(29)49-43-31(41)13-9-15-33(43)45(47)55)61-23-7-8-24-62-40-22-20-28(54-64(2,59)60)26-38(40)52-42-30-12-4-6-18-36(30)50-44-32(42)14-10-16-34(44)46(48)56;;/h3-6,9-22,25-26,53-54H,7-8,23-24H2,1-2H3,(H2,47,55)(H2,48,56)(H,49,51)(H,50,52);2*1H. The van der Waals surface area contributed by atoms with Crippen LogP contribution < -0.4 is 65.8 Å². The fourth-order valence-corrected chi connectivity index (χ4v) is 8.73. The van der Waals surface area contributed by atoms with E-state index in [2.05, 4.69) is 9.44 Å². The van der Waals surface area contributed by atoms with E-state index in [1.807, 2.05) is 71.3 Å². The third-order valence-corrected chi connectivity index (χ3v) is 11.5. The van der Waals surface area contributed by atoms with Crippen LogP contribution in [0.25, 0.3) is 43.6 Å². The molecule has 8 rings (SSSR count). The Morgan fingerprint density at radius 1 is 0.545 bits per heavy atom. The van der Waals surface area contributed by atoms with Crippen molar-refractivity contribution in [2.24, 2.45) is 11.5 Å². The van der Waals surface area contributed by atoms with Gasteiger partial charge < -0.3 is 45.8 Å². The first-order valence-corrected chi connectivity index (χ1v) is 23.8. The molecule has 0 saturated heterocycles. The van der Waals surface area contributed by atoms with Crippen LogP contribution in [-0.2, 0) is 20.0 Å². The van der Waals surface area contributed by atoms with Crippen molar-refractivity contribution in [3.63, 3.8) is 0 Å². The van der Waals surface area contributed by atoms with Crippen molar-refractivity contribution >= 4 is 110 Å². The minimum absolute atomic E-state index is 0. The van der Waals surface area contributed by atoms with Crippen LogP contribution in [0.4, 0.5) is 34.1 Å². The minimum Gasteiger partial charge on any atom is -1.00 e. The number of unbranched alkanes of at least 4 members (excludes halogenated alkanes) is 1. The molecule has 0 fully saturated rings. The first-order chi connectivity index (χ1) is 30.6. The van der Waals surface area contributed by atoms with Crippen molar-refractivity contribution in [1.82, 2.24) is 9.97 Å². The molecule has 0 unspecified atom stereocenters. The summed E-state index contributed by atoms with van der Waals surface area (Å²) in [6.07, 6.45) is 3.27. The number of ether oxygens (including phenoxy) is 2. The number of carbonyl (C=O) groups is 2. The van der Waals surface area contributed by atoms with Gasteiger partial charge in [0, 0.05) is 12.1 Å². The number of sulfonamides is 2. The highest BCUT2D eigenvalue weighted by molar-refractivity contribution is 7.92. The first-order valence-electron chi connectivity index (χ1n) is 20.0. The number of amides is 2. The molecule has 0 aliphatic rings. The summed E-state index contributed by atoms with van der Waals surface area (Å²) < 4.78 is 66.7. The fourth-order valence-electron chi connectivity index (χ4n) is 7.62. The van der Waals surface area contributed by atoms with Crippen LogP contribution in [0.1, 0.15) is 33.6 Å². The van der Waals surface area contributed by atoms with Crippen LogP contribution in [0.5, 0.6) is 11.5 Å². The third kappa shape index (κ3) is 11.0. The molecule has 2 heterocycles. The number of halogens is 2. The van der Waals surface area contributed by atoms with Crippen molar-refractivity contribution in [3.8, 4) is 11.5 Å². The van der Waals surface area contributed by atoms with Crippen LogP contribution in [-0.4, -0.2) is 64.3 Å².